The van der Waals surface area contributed by atoms with Crippen LogP contribution in [0.4, 0.5) is 5.69 Å². The van der Waals surface area contributed by atoms with Gasteiger partial charge in [-0.05, 0) is 43.2 Å². The molecule has 3 atom stereocenters. The highest BCUT2D eigenvalue weighted by atomic mass is 35.5. The molecule has 0 heterocycles. The SMILES string of the molecule is COc1cc(NC2CCC3CCCCC3C2)ccc1Cl. The van der Waals surface area contributed by atoms with Gasteiger partial charge in [0, 0.05) is 17.8 Å². The molecule has 0 radical (unpaired) electrons. The van der Waals surface area contributed by atoms with E-state index in [1.807, 2.05) is 12.1 Å². The Morgan fingerprint density at radius 2 is 1.90 bits per heavy atom. The number of hydrogen-bond donors (Lipinski definition) is 1. The smallest absolute Gasteiger partial charge is 0.139 e. The Bertz CT molecular complexity index is 462. The van der Waals surface area contributed by atoms with Crippen molar-refractivity contribution in [3.8, 4) is 5.75 Å². The van der Waals surface area contributed by atoms with Crippen molar-refractivity contribution < 1.29 is 4.74 Å². The molecule has 0 spiro atoms. The average Bonchev–Trinajstić information content (AvgIpc) is 2.49. The van der Waals surface area contributed by atoms with E-state index in [2.05, 4.69) is 11.4 Å². The summed E-state index contributed by atoms with van der Waals surface area (Å²) >= 11 is 6.08. The second-order valence-corrected chi connectivity index (χ2v) is 6.72. The Hall–Kier alpha value is -0.890. The van der Waals surface area contributed by atoms with Crippen LogP contribution in [0.1, 0.15) is 44.9 Å². The molecule has 110 valence electrons. The Kier molecular flexibility index (Phi) is 4.40. The van der Waals surface area contributed by atoms with Crippen molar-refractivity contribution in [3.05, 3.63) is 23.2 Å². The molecule has 1 N–H and O–H groups in total. The van der Waals surface area contributed by atoms with Gasteiger partial charge in [0.25, 0.3) is 0 Å². The number of hydrogen-bond acceptors (Lipinski definition) is 2. The standard InChI is InChI=1S/C17H24ClNO/c1-20-17-11-15(8-9-16(17)18)19-14-7-6-12-4-2-3-5-13(12)10-14/h8-9,11-14,19H,2-7,10H2,1H3. The van der Waals surface area contributed by atoms with Gasteiger partial charge in [0.05, 0.1) is 12.1 Å². The van der Waals surface area contributed by atoms with Crippen LogP contribution < -0.4 is 10.1 Å². The Morgan fingerprint density at radius 3 is 2.70 bits per heavy atom. The number of nitrogens with one attached hydrogen (secondary N) is 1. The molecule has 3 unspecified atom stereocenters. The van der Waals surface area contributed by atoms with Crippen molar-refractivity contribution in [2.45, 2.75) is 51.0 Å². The van der Waals surface area contributed by atoms with Gasteiger partial charge < -0.3 is 10.1 Å². The minimum absolute atomic E-state index is 0.611. The van der Waals surface area contributed by atoms with Crippen molar-refractivity contribution in [1.29, 1.82) is 0 Å². The van der Waals surface area contributed by atoms with Crippen molar-refractivity contribution in [1.82, 2.24) is 0 Å². The summed E-state index contributed by atoms with van der Waals surface area (Å²) < 4.78 is 5.29. The highest BCUT2D eigenvalue weighted by Crippen LogP contribution is 2.41. The maximum atomic E-state index is 6.08. The highest BCUT2D eigenvalue weighted by Gasteiger charge is 2.32. The number of methoxy groups -OCH3 is 1. The fourth-order valence-corrected chi connectivity index (χ4v) is 4.18. The average molecular weight is 294 g/mol. The predicted octanol–water partition coefficient (Wildman–Crippen LogP) is 5.12. The molecular formula is C17H24ClNO. The van der Waals surface area contributed by atoms with Gasteiger partial charge in [0.2, 0.25) is 0 Å². The van der Waals surface area contributed by atoms with Crippen molar-refractivity contribution in [2.24, 2.45) is 11.8 Å². The molecule has 20 heavy (non-hydrogen) atoms. The van der Waals surface area contributed by atoms with Gasteiger partial charge in [-0.1, -0.05) is 37.3 Å². The molecule has 1 aromatic carbocycles. The second kappa shape index (κ2) is 6.26. The van der Waals surface area contributed by atoms with Crippen molar-refractivity contribution in [2.75, 3.05) is 12.4 Å². The van der Waals surface area contributed by atoms with Crippen LogP contribution in [0.2, 0.25) is 5.02 Å². The molecule has 0 aliphatic heterocycles. The summed E-state index contributed by atoms with van der Waals surface area (Å²) in [7, 11) is 1.66. The zero-order valence-electron chi connectivity index (χ0n) is 12.2. The monoisotopic (exact) mass is 293 g/mol. The fraction of sp³-hybridized carbons (Fsp3) is 0.647. The molecule has 0 amide bonds. The zero-order chi connectivity index (χ0) is 13.9. The van der Waals surface area contributed by atoms with Gasteiger partial charge in [-0.3, -0.25) is 0 Å². The first kappa shape index (κ1) is 14.1. The van der Waals surface area contributed by atoms with Crippen LogP contribution in [-0.4, -0.2) is 13.2 Å². The molecule has 0 saturated heterocycles. The van der Waals surface area contributed by atoms with Crippen LogP contribution in [0.5, 0.6) is 5.75 Å². The van der Waals surface area contributed by atoms with Crippen LogP contribution in [0.15, 0.2) is 18.2 Å². The lowest BCUT2D eigenvalue weighted by atomic mass is 9.69. The summed E-state index contributed by atoms with van der Waals surface area (Å²) in [6.07, 6.45) is 9.81. The van der Waals surface area contributed by atoms with E-state index in [1.165, 1.54) is 44.9 Å². The molecule has 2 saturated carbocycles. The van der Waals surface area contributed by atoms with E-state index in [0.717, 1.165) is 23.3 Å². The van der Waals surface area contributed by atoms with Gasteiger partial charge in [0.1, 0.15) is 5.75 Å². The number of ether oxygens (including phenoxy) is 1. The molecular weight excluding hydrogens is 270 g/mol. The highest BCUT2D eigenvalue weighted by molar-refractivity contribution is 6.32. The minimum Gasteiger partial charge on any atom is -0.495 e. The molecule has 3 heteroatoms. The first-order valence-electron chi connectivity index (χ1n) is 7.86. The first-order chi connectivity index (χ1) is 9.76. The summed E-state index contributed by atoms with van der Waals surface area (Å²) in [5, 5.41) is 4.35. The van der Waals surface area contributed by atoms with E-state index in [0.29, 0.717) is 11.1 Å². The Labute approximate surface area is 126 Å². The zero-order valence-corrected chi connectivity index (χ0v) is 13.0. The summed E-state index contributed by atoms with van der Waals surface area (Å²) in [6, 6.07) is 6.59. The third-order valence-corrected chi connectivity index (χ3v) is 5.37. The third kappa shape index (κ3) is 3.06. The lowest BCUT2D eigenvalue weighted by molar-refractivity contribution is 0.162. The van der Waals surface area contributed by atoms with Crippen molar-refractivity contribution >= 4 is 17.3 Å². The van der Waals surface area contributed by atoms with Crippen LogP contribution >= 0.6 is 11.6 Å². The maximum Gasteiger partial charge on any atom is 0.139 e. The molecule has 2 aliphatic carbocycles. The molecule has 3 rings (SSSR count). The van der Waals surface area contributed by atoms with Crippen LogP contribution in [0.25, 0.3) is 0 Å². The minimum atomic E-state index is 0.611. The van der Waals surface area contributed by atoms with Gasteiger partial charge in [-0.15, -0.1) is 0 Å². The first-order valence-corrected chi connectivity index (χ1v) is 8.24. The number of rotatable bonds is 3. The van der Waals surface area contributed by atoms with Crippen LogP contribution in [0.3, 0.4) is 0 Å². The van der Waals surface area contributed by atoms with Gasteiger partial charge in [-0.25, -0.2) is 0 Å². The second-order valence-electron chi connectivity index (χ2n) is 6.31. The predicted molar refractivity (Wildman–Crippen MR) is 84.7 cm³/mol. The van der Waals surface area contributed by atoms with E-state index in [9.17, 15) is 0 Å². The quantitative estimate of drug-likeness (QED) is 0.835. The van der Waals surface area contributed by atoms with E-state index >= 15 is 0 Å². The Balaban J connectivity index is 1.63. The normalized spacial score (nSPS) is 29.6. The maximum absolute atomic E-state index is 6.08. The number of anilines is 1. The van der Waals surface area contributed by atoms with E-state index in [1.54, 1.807) is 7.11 Å². The molecule has 2 nitrogen and oxygen atoms in total. The lowest BCUT2D eigenvalue weighted by Gasteiger charge is -2.39. The Morgan fingerprint density at radius 1 is 1.10 bits per heavy atom. The molecule has 2 aliphatic rings. The van der Waals surface area contributed by atoms with E-state index < -0.39 is 0 Å². The van der Waals surface area contributed by atoms with Gasteiger partial charge in [-0.2, -0.15) is 0 Å². The van der Waals surface area contributed by atoms with Crippen molar-refractivity contribution in [3.63, 3.8) is 0 Å². The molecule has 0 bridgehead atoms. The number of halogens is 1. The fourth-order valence-electron chi connectivity index (χ4n) is 3.99. The lowest BCUT2D eigenvalue weighted by Crippen LogP contribution is -2.34. The van der Waals surface area contributed by atoms with Gasteiger partial charge in [0.15, 0.2) is 0 Å². The summed E-state index contributed by atoms with van der Waals surface area (Å²) in [4.78, 5) is 0. The van der Waals surface area contributed by atoms with Crippen LogP contribution in [0, 0.1) is 11.8 Å². The number of fused-ring (bicyclic) bond motifs is 1. The van der Waals surface area contributed by atoms with E-state index in [-0.39, 0.29) is 0 Å². The van der Waals surface area contributed by atoms with Gasteiger partial charge >= 0.3 is 0 Å². The summed E-state index contributed by atoms with van der Waals surface area (Å²) in [6.45, 7) is 0. The molecule has 1 aromatic rings. The molecule has 2 fully saturated rings. The third-order valence-electron chi connectivity index (χ3n) is 5.06. The van der Waals surface area contributed by atoms with Crippen LogP contribution in [-0.2, 0) is 0 Å². The summed E-state index contributed by atoms with van der Waals surface area (Å²) in [5.74, 6) is 2.70. The summed E-state index contributed by atoms with van der Waals surface area (Å²) in [5.41, 5.74) is 1.13. The topological polar surface area (TPSA) is 21.3 Å². The number of benzene rings is 1. The largest absolute Gasteiger partial charge is 0.495 e. The van der Waals surface area contributed by atoms with E-state index in [4.69, 9.17) is 16.3 Å². The molecule has 0 aromatic heterocycles.